The molecule has 0 aromatic carbocycles. The highest BCUT2D eigenvalue weighted by atomic mass is 32.2. The van der Waals surface area contributed by atoms with Gasteiger partial charge in [0.25, 0.3) is 0 Å². The number of aromatic nitrogens is 1. The van der Waals surface area contributed by atoms with Crippen LogP contribution in [-0.2, 0) is 10.0 Å². The van der Waals surface area contributed by atoms with E-state index >= 15 is 0 Å². The molecule has 0 saturated carbocycles. The Labute approximate surface area is 107 Å². The average molecular weight is 265 g/mol. The Hall–Kier alpha value is -1.58. The highest BCUT2D eigenvalue weighted by molar-refractivity contribution is 7.92. The average Bonchev–Trinajstić information content (AvgIpc) is 2.36. The van der Waals surface area contributed by atoms with Crippen molar-refractivity contribution in [3.8, 4) is 11.8 Å². The van der Waals surface area contributed by atoms with E-state index in [1.54, 1.807) is 18.2 Å². The molecule has 2 N–H and O–H groups in total. The topological polar surface area (TPSA) is 76.3 Å². The summed E-state index contributed by atoms with van der Waals surface area (Å²) in [4.78, 5) is 4.25. The van der Waals surface area contributed by atoms with Gasteiger partial charge >= 0.3 is 0 Å². The predicted molar refractivity (Wildman–Crippen MR) is 70.5 cm³/mol. The number of sulfonamides is 1. The Morgan fingerprint density at radius 1 is 1.39 bits per heavy atom. The van der Waals surface area contributed by atoms with Gasteiger partial charge in [-0.3, -0.25) is 4.31 Å². The molecule has 1 fully saturated rings. The first-order valence-corrected chi connectivity index (χ1v) is 7.41. The molecule has 1 aromatic heterocycles. The third-order valence-corrected chi connectivity index (χ3v) is 4.50. The fourth-order valence-corrected chi connectivity index (χ4v) is 3.40. The van der Waals surface area contributed by atoms with E-state index in [0.29, 0.717) is 24.5 Å². The van der Waals surface area contributed by atoms with Gasteiger partial charge in [0.05, 0.1) is 12.3 Å². The summed E-state index contributed by atoms with van der Waals surface area (Å²) in [5.74, 6) is 6.14. The first-order chi connectivity index (χ1) is 8.63. The smallest absolute Gasteiger partial charge is 0.236 e. The molecule has 2 heterocycles. The van der Waals surface area contributed by atoms with Crippen LogP contribution in [0.2, 0.25) is 0 Å². The van der Waals surface area contributed by atoms with Gasteiger partial charge in [0.1, 0.15) is 11.5 Å². The molecule has 6 heteroatoms. The van der Waals surface area contributed by atoms with Crippen LogP contribution < -0.4 is 10.0 Å². The Morgan fingerprint density at radius 2 is 2.22 bits per heavy atom. The molecule has 1 saturated heterocycles. The molecule has 2 rings (SSSR count). The molecule has 0 bridgehead atoms. The van der Waals surface area contributed by atoms with Crippen LogP contribution in [-0.4, -0.2) is 32.2 Å². The lowest BCUT2D eigenvalue weighted by atomic mass is 10.3. The minimum atomic E-state index is -3.22. The second-order valence-corrected chi connectivity index (χ2v) is 6.00. The van der Waals surface area contributed by atoms with Crippen LogP contribution in [0.15, 0.2) is 18.2 Å². The molecule has 0 radical (unpaired) electrons. The van der Waals surface area contributed by atoms with Crippen molar-refractivity contribution < 1.29 is 8.42 Å². The maximum absolute atomic E-state index is 11.9. The van der Waals surface area contributed by atoms with Crippen molar-refractivity contribution in [1.82, 2.24) is 4.98 Å². The lowest BCUT2D eigenvalue weighted by molar-refractivity contribution is 0.573. The van der Waals surface area contributed by atoms with E-state index in [9.17, 15) is 8.42 Å². The molecule has 0 spiro atoms. The van der Waals surface area contributed by atoms with Crippen LogP contribution >= 0.6 is 0 Å². The fourth-order valence-electron chi connectivity index (χ4n) is 1.82. The lowest BCUT2D eigenvalue weighted by Gasteiger charge is -2.27. The van der Waals surface area contributed by atoms with Gasteiger partial charge in [0, 0.05) is 6.54 Å². The molecule has 0 atom stereocenters. The van der Waals surface area contributed by atoms with Crippen LogP contribution in [0.1, 0.15) is 18.5 Å². The minimum Gasteiger partial charge on any atom is -0.320 e. The van der Waals surface area contributed by atoms with Crippen LogP contribution in [0, 0.1) is 11.8 Å². The van der Waals surface area contributed by atoms with Crippen LogP contribution in [0.25, 0.3) is 0 Å². The maximum Gasteiger partial charge on any atom is 0.236 e. The van der Waals surface area contributed by atoms with Crippen molar-refractivity contribution in [2.75, 3.05) is 23.1 Å². The molecule has 0 amide bonds. The summed E-state index contributed by atoms with van der Waals surface area (Å²) in [5, 5.41) is 0. The second kappa shape index (κ2) is 5.38. The van der Waals surface area contributed by atoms with Gasteiger partial charge in [-0.2, -0.15) is 0 Å². The molecular formula is C12H15N3O2S. The Kier molecular flexibility index (Phi) is 3.84. The predicted octanol–water partition coefficient (Wildman–Crippen LogP) is 0.322. The molecular weight excluding hydrogens is 250 g/mol. The molecule has 96 valence electrons. The van der Waals surface area contributed by atoms with E-state index in [0.717, 1.165) is 6.42 Å². The molecule has 5 nitrogen and oxygen atoms in total. The van der Waals surface area contributed by atoms with Gasteiger partial charge in [-0.1, -0.05) is 12.0 Å². The summed E-state index contributed by atoms with van der Waals surface area (Å²) < 4.78 is 25.2. The highest BCUT2D eigenvalue weighted by Crippen LogP contribution is 2.21. The number of rotatable bonds is 1. The summed E-state index contributed by atoms with van der Waals surface area (Å²) in [6.07, 6.45) is 1.57. The van der Waals surface area contributed by atoms with Gasteiger partial charge in [-0.05, 0) is 30.9 Å². The zero-order chi connectivity index (χ0) is 13.0. The lowest BCUT2D eigenvalue weighted by Crippen LogP contribution is -2.38. The van der Waals surface area contributed by atoms with Crippen molar-refractivity contribution in [1.29, 1.82) is 0 Å². The second-order valence-electron chi connectivity index (χ2n) is 3.98. The summed E-state index contributed by atoms with van der Waals surface area (Å²) >= 11 is 0. The van der Waals surface area contributed by atoms with E-state index in [4.69, 9.17) is 5.73 Å². The molecule has 1 aliphatic rings. The number of hydrogen-bond acceptors (Lipinski definition) is 4. The van der Waals surface area contributed by atoms with E-state index < -0.39 is 10.0 Å². The van der Waals surface area contributed by atoms with Crippen LogP contribution in [0.5, 0.6) is 0 Å². The highest BCUT2D eigenvalue weighted by Gasteiger charge is 2.26. The first-order valence-electron chi connectivity index (χ1n) is 5.80. The van der Waals surface area contributed by atoms with Gasteiger partial charge in [-0.25, -0.2) is 13.4 Å². The summed E-state index contributed by atoms with van der Waals surface area (Å²) in [7, 11) is -3.22. The van der Waals surface area contributed by atoms with E-state index in [-0.39, 0.29) is 12.3 Å². The Morgan fingerprint density at radius 3 is 2.94 bits per heavy atom. The van der Waals surface area contributed by atoms with E-state index in [1.807, 2.05) is 0 Å². The zero-order valence-electron chi connectivity index (χ0n) is 9.96. The fraction of sp³-hybridized carbons (Fsp3) is 0.417. The monoisotopic (exact) mass is 265 g/mol. The van der Waals surface area contributed by atoms with Crippen molar-refractivity contribution in [2.24, 2.45) is 5.73 Å². The van der Waals surface area contributed by atoms with Gasteiger partial charge in [0.2, 0.25) is 10.0 Å². The van der Waals surface area contributed by atoms with E-state index in [2.05, 4.69) is 16.8 Å². The van der Waals surface area contributed by atoms with Crippen molar-refractivity contribution in [3.05, 3.63) is 23.9 Å². The summed E-state index contributed by atoms with van der Waals surface area (Å²) in [6, 6.07) is 5.19. The Bertz CT molecular complexity index is 587. The number of nitrogens with zero attached hydrogens (tertiary/aromatic N) is 2. The molecule has 0 unspecified atom stereocenters. The SMILES string of the molecule is NCC#Cc1cccc(N2CCCCS2(=O)=O)n1. The minimum absolute atomic E-state index is 0.188. The standard InChI is InChI=1S/C12H15N3O2S/c13-8-4-6-11-5-3-7-12(14-11)15-9-1-2-10-18(15,16)17/h3,5,7H,1-2,8-10,13H2. The zero-order valence-corrected chi connectivity index (χ0v) is 10.8. The summed E-state index contributed by atoms with van der Waals surface area (Å²) in [5.41, 5.74) is 5.83. The normalized spacial score (nSPS) is 17.9. The van der Waals surface area contributed by atoms with Gasteiger partial charge < -0.3 is 5.73 Å². The van der Waals surface area contributed by atoms with E-state index in [1.165, 1.54) is 4.31 Å². The number of anilines is 1. The molecule has 18 heavy (non-hydrogen) atoms. The van der Waals surface area contributed by atoms with Crippen molar-refractivity contribution >= 4 is 15.8 Å². The van der Waals surface area contributed by atoms with Gasteiger partial charge in [0.15, 0.2) is 0 Å². The van der Waals surface area contributed by atoms with Gasteiger partial charge in [-0.15, -0.1) is 0 Å². The molecule has 1 aliphatic heterocycles. The van der Waals surface area contributed by atoms with Crippen LogP contribution in [0.3, 0.4) is 0 Å². The number of nitrogens with two attached hydrogens (primary N) is 1. The third-order valence-electron chi connectivity index (χ3n) is 2.66. The third kappa shape index (κ3) is 2.81. The van der Waals surface area contributed by atoms with Crippen molar-refractivity contribution in [3.63, 3.8) is 0 Å². The quantitative estimate of drug-likeness (QED) is 0.742. The first kappa shape index (κ1) is 12.9. The van der Waals surface area contributed by atoms with Crippen LogP contribution in [0.4, 0.5) is 5.82 Å². The van der Waals surface area contributed by atoms with Crippen molar-refractivity contribution in [2.45, 2.75) is 12.8 Å². The largest absolute Gasteiger partial charge is 0.320 e. The molecule has 0 aliphatic carbocycles. The summed E-state index contributed by atoms with van der Waals surface area (Å²) in [6.45, 7) is 0.747. The molecule has 1 aromatic rings. The maximum atomic E-state index is 11.9. The number of hydrogen-bond donors (Lipinski definition) is 1. The number of pyridine rings is 1. The Balaban J connectivity index is 2.33.